The first-order valence-electron chi connectivity index (χ1n) is 7.63. The van der Waals surface area contributed by atoms with Gasteiger partial charge in [-0.15, -0.1) is 0 Å². The third-order valence-electron chi connectivity index (χ3n) is 5.03. The molecule has 1 aromatic carbocycles. The van der Waals surface area contributed by atoms with Gasteiger partial charge in [-0.2, -0.15) is 0 Å². The lowest BCUT2D eigenvalue weighted by Crippen LogP contribution is -2.42. The molecule has 0 radical (unpaired) electrons. The molecule has 20 heavy (non-hydrogen) atoms. The monoisotopic (exact) mass is 277 g/mol. The number of benzene rings is 1. The normalized spacial score (nSPS) is 32.3. The van der Waals surface area contributed by atoms with Crippen molar-refractivity contribution >= 4 is 0 Å². The van der Waals surface area contributed by atoms with E-state index >= 15 is 0 Å². The summed E-state index contributed by atoms with van der Waals surface area (Å²) in [5.74, 6) is 0.547. The molecule has 2 N–H and O–H groups in total. The molecule has 2 aliphatic rings. The molecule has 3 rings (SSSR count). The molecular weight excluding hydrogens is 253 g/mol. The maximum atomic E-state index is 13.4. The zero-order valence-electron chi connectivity index (χ0n) is 12.4. The summed E-state index contributed by atoms with van der Waals surface area (Å²) in [4.78, 5) is 0. The van der Waals surface area contributed by atoms with Gasteiger partial charge < -0.3 is 10.5 Å². The van der Waals surface area contributed by atoms with Crippen LogP contribution in [0.5, 0.6) is 5.75 Å². The highest BCUT2D eigenvalue weighted by atomic mass is 19.1. The topological polar surface area (TPSA) is 35.2 Å². The van der Waals surface area contributed by atoms with Gasteiger partial charge in [0.2, 0.25) is 0 Å². The molecule has 0 aromatic heterocycles. The van der Waals surface area contributed by atoms with Crippen LogP contribution in [-0.2, 0) is 0 Å². The lowest BCUT2D eigenvalue weighted by molar-refractivity contribution is 0.0187. The van der Waals surface area contributed by atoms with E-state index in [0.29, 0.717) is 5.41 Å². The van der Waals surface area contributed by atoms with Crippen molar-refractivity contribution < 1.29 is 9.13 Å². The van der Waals surface area contributed by atoms with Gasteiger partial charge in [0.1, 0.15) is 17.2 Å². The molecule has 3 heteroatoms. The van der Waals surface area contributed by atoms with E-state index in [-0.39, 0.29) is 17.5 Å². The van der Waals surface area contributed by atoms with E-state index in [4.69, 9.17) is 10.5 Å². The number of hydrogen-bond donors (Lipinski definition) is 1. The Labute approximate surface area is 120 Å². The van der Waals surface area contributed by atoms with E-state index in [1.807, 2.05) is 0 Å². The van der Waals surface area contributed by atoms with E-state index in [9.17, 15) is 4.39 Å². The number of rotatable bonds is 0. The van der Waals surface area contributed by atoms with Crippen LogP contribution in [0.15, 0.2) is 18.2 Å². The van der Waals surface area contributed by atoms with Gasteiger partial charge >= 0.3 is 0 Å². The highest BCUT2D eigenvalue weighted by Gasteiger charge is 2.42. The molecule has 1 fully saturated rings. The van der Waals surface area contributed by atoms with Gasteiger partial charge in [0.25, 0.3) is 0 Å². The lowest BCUT2D eigenvalue weighted by Gasteiger charge is -2.41. The first kappa shape index (κ1) is 13.9. The summed E-state index contributed by atoms with van der Waals surface area (Å²) in [7, 11) is 0. The minimum Gasteiger partial charge on any atom is -0.487 e. The van der Waals surface area contributed by atoms with Crippen molar-refractivity contribution in [1.82, 2.24) is 0 Å². The van der Waals surface area contributed by atoms with E-state index in [1.165, 1.54) is 25.0 Å². The first-order valence-corrected chi connectivity index (χ1v) is 7.63. The summed E-state index contributed by atoms with van der Waals surface area (Å²) in [6.45, 7) is 4.66. The van der Waals surface area contributed by atoms with Gasteiger partial charge in [0.15, 0.2) is 0 Å². The van der Waals surface area contributed by atoms with Gasteiger partial charge in [-0.25, -0.2) is 4.39 Å². The maximum absolute atomic E-state index is 13.4. The lowest BCUT2D eigenvalue weighted by atomic mass is 9.80. The second-order valence-electron chi connectivity index (χ2n) is 7.30. The Hall–Kier alpha value is -1.09. The molecule has 0 bridgehead atoms. The Morgan fingerprint density at radius 3 is 2.80 bits per heavy atom. The van der Waals surface area contributed by atoms with Crippen LogP contribution in [0.4, 0.5) is 4.39 Å². The zero-order chi connectivity index (χ0) is 14.4. The van der Waals surface area contributed by atoms with Crippen LogP contribution in [0.2, 0.25) is 0 Å². The maximum Gasteiger partial charge on any atom is 0.125 e. The second-order valence-corrected chi connectivity index (χ2v) is 7.30. The molecule has 1 aliphatic heterocycles. The molecule has 1 heterocycles. The van der Waals surface area contributed by atoms with E-state index in [2.05, 4.69) is 13.8 Å². The molecule has 1 saturated carbocycles. The summed E-state index contributed by atoms with van der Waals surface area (Å²) >= 11 is 0. The van der Waals surface area contributed by atoms with Crippen LogP contribution in [0.1, 0.15) is 64.0 Å². The fourth-order valence-electron chi connectivity index (χ4n) is 3.70. The Kier molecular flexibility index (Phi) is 3.28. The second kappa shape index (κ2) is 4.73. The highest BCUT2D eigenvalue weighted by molar-refractivity contribution is 5.39. The molecule has 1 spiro atoms. The van der Waals surface area contributed by atoms with Gasteiger partial charge in [0, 0.05) is 18.0 Å². The third-order valence-corrected chi connectivity index (χ3v) is 5.03. The van der Waals surface area contributed by atoms with Gasteiger partial charge in [-0.3, -0.25) is 0 Å². The van der Waals surface area contributed by atoms with Crippen LogP contribution < -0.4 is 10.5 Å². The molecular formula is C17H24FNO. The third kappa shape index (κ3) is 2.56. The van der Waals surface area contributed by atoms with Crippen LogP contribution in [-0.4, -0.2) is 5.60 Å². The van der Waals surface area contributed by atoms with E-state index < -0.39 is 0 Å². The minimum atomic E-state index is -0.235. The predicted octanol–water partition coefficient (Wildman–Crippen LogP) is 4.34. The molecule has 1 aliphatic carbocycles. The Bertz CT molecular complexity index is 514. The summed E-state index contributed by atoms with van der Waals surface area (Å²) in [5.41, 5.74) is 7.36. The first-order chi connectivity index (χ1) is 9.39. The molecule has 110 valence electrons. The Morgan fingerprint density at radius 2 is 2.00 bits per heavy atom. The van der Waals surface area contributed by atoms with Crippen LogP contribution in [0.25, 0.3) is 0 Å². The molecule has 1 aromatic rings. The van der Waals surface area contributed by atoms with Crippen LogP contribution >= 0.6 is 0 Å². The summed E-state index contributed by atoms with van der Waals surface area (Å²) in [5, 5.41) is 0. The number of ether oxygens (including phenoxy) is 1. The average Bonchev–Trinajstić information content (AvgIpc) is 2.51. The number of halogens is 1. The fraction of sp³-hybridized carbons (Fsp3) is 0.647. The van der Waals surface area contributed by atoms with Crippen molar-refractivity contribution in [2.75, 3.05) is 0 Å². The van der Waals surface area contributed by atoms with Gasteiger partial charge in [-0.1, -0.05) is 13.8 Å². The largest absolute Gasteiger partial charge is 0.487 e. The molecule has 0 saturated heterocycles. The van der Waals surface area contributed by atoms with Crippen molar-refractivity contribution in [3.8, 4) is 5.75 Å². The Morgan fingerprint density at radius 1 is 1.20 bits per heavy atom. The average molecular weight is 277 g/mol. The van der Waals surface area contributed by atoms with E-state index in [1.54, 1.807) is 6.07 Å². The predicted molar refractivity (Wildman–Crippen MR) is 78.2 cm³/mol. The summed E-state index contributed by atoms with van der Waals surface area (Å²) < 4.78 is 19.7. The van der Waals surface area contributed by atoms with Gasteiger partial charge in [-0.05, 0) is 55.7 Å². The smallest absolute Gasteiger partial charge is 0.125 e. The molecule has 2 nitrogen and oxygen atoms in total. The standard InChI is InChI=1S/C17H24FNO/c1-16(2)6-3-7-17(9-8-16)11-14(19)13-10-12(18)4-5-15(13)20-17/h4-5,10,14H,3,6-9,11,19H2,1-2H3/t14-,17?/m1/s1. The van der Waals surface area contributed by atoms with Crippen molar-refractivity contribution in [3.63, 3.8) is 0 Å². The highest BCUT2D eigenvalue weighted by Crippen LogP contribution is 2.47. The van der Waals surface area contributed by atoms with Crippen LogP contribution in [0.3, 0.4) is 0 Å². The van der Waals surface area contributed by atoms with Crippen molar-refractivity contribution in [2.24, 2.45) is 11.1 Å². The molecule has 1 unspecified atom stereocenters. The quantitative estimate of drug-likeness (QED) is 0.765. The van der Waals surface area contributed by atoms with Gasteiger partial charge in [0.05, 0.1) is 0 Å². The van der Waals surface area contributed by atoms with Crippen molar-refractivity contribution in [3.05, 3.63) is 29.6 Å². The summed E-state index contributed by atoms with van der Waals surface area (Å²) in [6.07, 6.45) is 6.49. The number of nitrogens with two attached hydrogens (primary N) is 1. The van der Waals surface area contributed by atoms with E-state index in [0.717, 1.165) is 37.0 Å². The summed E-state index contributed by atoms with van der Waals surface area (Å²) in [6, 6.07) is 4.61. The Balaban J connectivity index is 1.88. The van der Waals surface area contributed by atoms with Crippen LogP contribution in [0, 0.1) is 11.2 Å². The van der Waals surface area contributed by atoms with Crippen molar-refractivity contribution in [1.29, 1.82) is 0 Å². The number of hydrogen-bond acceptors (Lipinski definition) is 2. The number of fused-ring (bicyclic) bond motifs is 1. The minimum absolute atomic E-state index is 0.115. The SMILES string of the molecule is CC1(C)CCCC2(CC1)C[C@@H](N)c1cc(F)ccc1O2. The fourth-order valence-corrected chi connectivity index (χ4v) is 3.70. The zero-order valence-corrected chi connectivity index (χ0v) is 12.4. The van der Waals surface area contributed by atoms with Crippen molar-refractivity contribution in [2.45, 2.75) is 64.0 Å². The molecule has 0 amide bonds. The molecule has 2 atom stereocenters.